The molecular formula is C30H39N5O2. The minimum atomic E-state index is 0.449. The zero-order valence-corrected chi connectivity index (χ0v) is 21.9. The summed E-state index contributed by atoms with van der Waals surface area (Å²) in [5.74, 6) is 3.33. The van der Waals surface area contributed by atoms with Gasteiger partial charge < -0.3 is 19.7 Å². The summed E-state index contributed by atoms with van der Waals surface area (Å²) in [7, 11) is 1.71. The zero-order valence-electron chi connectivity index (χ0n) is 21.9. The summed E-state index contributed by atoms with van der Waals surface area (Å²) in [6.07, 6.45) is 9.39. The standard InChI is InChI=1S/C30H39N5O2/c1-36-28-20-25(13-14-27(28)37-23-24-10-5-4-6-11-24)22-35-19-9-12-26(35)21-32-30-31-16-15-29(33-30)34-17-7-2-3-8-18-34/h4-6,10-11,13-16,20,26H,2-3,7-9,12,17-19,21-23H2,1H3,(H,31,32,33). The lowest BCUT2D eigenvalue weighted by Crippen LogP contribution is -2.34. The van der Waals surface area contributed by atoms with Crippen molar-refractivity contribution in [1.82, 2.24) is 14.9 Å². The van der Waals surface area contributed by atoms with Gasteiger partial charge >= 0.3 is 0 Å². The second kappa shape index (κ2) is 12.8. The number of nitrogens with one attached hydrogen (secondary N) is 1. The van der Waals surface area contributed by atoms with E-state index in [-0.39, 0.29) is 0 Å². The summed E-state index contributed by atoms with van der Waals surface area (Å²) >= 11 is 0. The van der Waals surface area contributed by atoms with Gasteiger partial charge in [-0.1, -0.05) is 49.2 Å². The minimum Gasteiger partial charge on any atom is -0.493 e. The first-order valence-corrected chi connectivity index (χ1v) is 13.7. The molecule has 3 heterocycles. The van der Waals surface area contributed by atoms with Crippen molar-refractivity contribution in [2.24, 2.45) is 0 Å². The topological polar surface area (TPSA) is 62.8 Å². The number of anilines is 2. The van der Waals surface area contributed by atoms with Gasteiger partial charge in [-0.3, -0.25) is 4.90 Å². The van der Waals surface area contributed by atoms with Crippen LogP contribution in [-0.2, 0) is 13.2 Å². The third-order valence-electron chi connectivity index (χ3n) is 7.42. The largest absolute Gasteiger partial charge is 0.493 e. The molecule has 1 N–H and O–H groups in total. The maximum Gasteiger partial charge on any atom is 0.224 e. The van der Waals surface area contributed by atoms with Crippen molar-refractivity contribution >= 4 is 11.8 Å². The third-order valence-corrected chi connectivity index (χ3v) is 7.42. The molecule has 0 aliphatic carbocycles. The molecule has 2 aromatic carbocycles. The maximum absolute atomic E-state index is 6.04. The quantitative estimate of drug-likeness (QED) is 0.392. The van der Waals surface area contributed by atoms with E-state index in [1.165, 1.54) is 44.1 Å². The van der Waals surface area contributed by atoms with E-state index in [1.54, 1.807) is 7.11 Å². The molecule has 196 valence electrons. The number of aromatic nitrogens is 2. The van der Waals surface area contributed by atoms with E-state index in [4.69, 9.17) is 14.5 Å². The fourth-order valence-corrected chi connectivity index (χ4v) is 5.35. The van der Waals surface area contributed by atoms with Gasteiger partial charge in [0, 0.05) is 38.4 Å². The van der Waals surface area contributed by atoms with Crippen LogP contribution in [0.1, 0.15) is 49.7 Å². The lowest BCUT2D eigenvalue weighted by Gasteiger charge is -2.25. The normalized spacial score (nSPS) is 18.4. The number of ether oxygens (including phenoxy) is 2. The fourth-order valence-electron chi connectivity index (χ4n) is 5.35. The molecule has 7 nitrogen and oxygen atoms in total. The molecule has 2 aliphatic rings. The summed E-state index contributed by atoms with van der Waals surface area (Å²) in [6.45, 7) is 5.53. The molecule has 7 heteroatoms. The molecule has 0 bridgehead atoms. The van der Waals surface area contributed by atoms with E-state index in [1.807, 2.05) is 36.5 Å². The Morgan fingerprint density at radius 2 is 1.73 bits per heavy atom. The van der Waals surface area contributed by atoms with E-state index in [0.717, 1.165) is 61.6 Å². The molecule has 0 radical (unpaired) electrons. The summed E-state index contributed by atoms with van der Waals surface area (Å²) in [4.78, 5) is 14.3. The molecule has 0 amide bonds. The van der Waals surface area contributed by atoms with Crippen molar-refractivity contribution in [3.63, 3.8) is 0 Å². The molecule has 5 rings (SSSR count). The van der Waals surface area contributed by atoms with Crippen molar-refractivity contribution in [2.45, 2.75) is 57.7 Å². The first-order valence-electron chi connectivity index (χ1n) is 13.7. The number of rotatable bonds is 10. The van der Waals surface area contributed by atoms with Crippen LogP contribution in [0.5, 0.6) is 11.5 Å². The Kier molecular flexibility index (Phi) is 8.74. The average Bonchev–Trinajstić information content (AvgIpc) is 3.20. The Morgan fingerprint density at radius 3 is 2.54 bits per heavy atom. The van der Waals surface area contributed by atoms with E-state index >= 15 is 0 Å². The highest BCUT2D eigenvalue weighted by molar-refractivity contribution is 5.44. The summed E-state index contributed by atoms with van der Waals surface area (Å²) in [5.41, 5.74) is 2.37. The van der Waals surface area contributed by atoms with Crippen LogP contribution in [0.4, 0.5) is 11.8 Å². The molecule has 0 spiro atoms. The van der Waals surface area contributed by atoms with Crippen molar-refractivity contribution in [3.8, 4) is 11.5 Å². The van der Waals surface area contributed by atoms with Gasteiger partial charge in [-0.2, -0.15) is 4.98 Å². The molecule has 0 saturated carbocycles. The second-order valence-electron chi connectivity index (χ2n) is 10.0. The number of hydrogen-bond acceptors (Lipinski definition) is 7. The summed E-state index contributed by atoms with van der Waals surface area (Å²) in [5, 5.41) is 3.53. The average molecular weight is 502 g/mol. The van der Waals surface area contributed by atoms with Crippen LogP contribution in [0.3, 0.4) is 0 Å². The van der Waals surface area contributed by atoms with E-state index in [0.29, 0.717) is 12.6 Å². The van der Waals surface area contributed by atoms with Gasteiger partial charge in [-0.25, -0.2) is 4.98 Å². The number of hydrogen-bond donors (Lipinski definition) is 1. The lowest BCUT2D eigenvalue weighted by atomic mass is 10.1. The smallest absolute Gasteiger partial charge is 0.224 e. The first kappa shape index (κ1) is 25.3. The molecule has 2 aliphatic heterocycles. The van der Waals surface area contributed by atoms with E-state index in [2.05, 4.69) is 44.4 Å². The van der Waals surface area contributed by atoms with Crippen LogP contribution in [-0.4, -0.2) is 54.2 Å². The van der Waals surface area contributed by atoms with Crippen LogP contribution in [0.2, 0.25) is 0 Å². The third kappa shape index (κ3) is 6.92. The van der Waals surface area contributed by atoms with Gasteiger partial charge in [0.1, 0.15) is 12.4 Å². The van der Waals surface area contributed by atoms with Crippen molar-refractivity contribution in [2.75, 3.05) is 43.5 Å². The molecular weight excluding hydrogens is 462 g/mol. The highest BCUT2D eigenvalue weighted by atomic mass is 16.5. The minimum absolute atomic E-state index is 0.449. The fraction of sp³-hybridized carbons (Fsp3) is 0.467. The summed E-state index contributed by atoms with van der Waals surface area (Å²) < 4.78 is 11.7. The molecule has 37 heavy (non-hydrogen) atoms. The SMILES string of the molecule is COc1cc(CN2CCCC2CNc2nccc(N3CCCCCC3)n2)ccc1OCc1ccccc1. The van der Waals surface area contributed by atoms with Crippen LogP contribution in [0.25, 0.3) is 0 Å². The first-order chi connectivity index (χ1) is 18.3. The van der Waals surface area contributed by atoms with Gasteiger partial charge in [0.15, 0.2) is 11.5 Å². The van der Waals surface area contributed by atoms with E-state index in [9.17, 15) is 0 Å². The Labute approximate surface area is 220 Å². The summed E-state index contributed by atoms with van der Waals surface area (Å²) in [6, 6.07) is 19.0. The van der Waals surface area contributed by atoms with Crippen molar-refractivity contribution < 1.29 is 9.47 Å². The number of methoxy groups -OCH3 is 1. The molecule has 1 atom stereocenters. The van der Waals surface area contributed by atoms with Gasteiger partial charge in [0.05, 0.1) is 7.11 Å². The number of likely N-dealkylation sites (tertiary alicyclic amines) is 1. The predicted octanol–water partition coefficient (Wildman–Crippen LogP) is 5.52. The Morgan fingerprint density at radius 1 is 0.892 bits per heavy atom. The van der Waals surface area contributed by atoms with Crippen LogP contribution in [0.15, 0.2) is 60.8 Å². The van der Waals surface area contributed by atoms with Crippen molar-refractivity contribution in [1.29, 1.82) is 0 Å². The van der Waals surface area contributed by atoms with Crippen LogP contribution >= 0.6 is 0 Å². The van der Waals surface area contributed by atoms with Gasteiger partial charge in [0.2, 0.25) is 5.95 Å². The van der Waals surface area contributed by atoms with Gasteiger partial charge in [-0.05, 0) is 61.6 Å². The highest BCUT2D eigenvalue weighted by Crippen LogP contribution is 2.30. The Balaban J connectivity index is 1.17. The van der Waals surface area contributed by atoms with Crippen LogP contribution in [0, 0.1) is 0 Å². The monoisotopic (exact) mass is 501 g/mol. The number of benzene rings is 2. The maximum atomic E-state index is 6.04. The predicted molar refractivity (Wildman–Crippen MR) is 148 cm³/mol. The zero-order chi connectivity index (χ0) is 25.3. The van der Waals surface area contributed by atoms with Gasteiger partial charge in [-0.15, -0.1) is 0 Å². The Hall–Kier alpha value is -3.32. The Bertz CT molecular complexity index is 1120. The molecule has 2 saturated heterocycles. The van der Waals surface area contributed by atoms with Crippen molar-refractivity contribution in [3.05, 3.63) is 71.9 Å². The number of nitrogens with zero attached hydrogens (tertiary/aromatic N) is 4. The second-order valence-corrected chi connectivity index (χ2v) is 10.0. The van der Waals surface area contributed by atoms with Gasteiger partial charge in [0.25, 0.3) is 0 Å². The van der Waals surface area contributed by atoms with Crippen LogP contribution < -0.4 is 19.7 Å². The molecule has 2 fully saturated rings. The van der Waals surface area contributed by atoms with E-state index < -0.39 is 0 Å². The molecule has 1 aromatic heterocycles. The molecule has 3 aromatic rings. The highest BCUT2D eigenvalue weighted by Gasteiger charge is 2.25. The lowest BCUT2D eigenvalue weighted by molar-refractivity contribution is 0.252. The molecule has 1 unspecified atom stereocenters.